The van der Waals surface area contributed by atoms with Gasteiger partial charge in [0.25, 0.3) is 0 Å². The van der Waals surface area contributed by atoms with Crippen molar-refractivity contribution in [2.45, 2.75) is 13.3 Å². The molecule has 2 heterocycles. The minimum Gasteiger partial charge on any atom is -0.295 e. The van der Waals surface area contributed by atoms with Gasteiger partial charge in [0.05, 0.1) is 28.6 Å². The van der Waals surface area contributed by atoms with Gasteiger partial charge in [-0.15, -0.1) is 0 Å². The van der Waals surface area contributed by atoms with E-state index < -0.39 is 0 Å². The maximum absolute atomic E-state index is 5.19. The topological polar surface area (TPSA) is 30.7 Å². The minimum atomic E-state index is 0.837. The molecule has 7 aromatic carbocycles. The van der Waals surface area contributed by atoms with E-state index in [1.54, 1.807) is 0 Å². The first-order valence-electron chi connectivity index (χ1n) is 16.2. The third kappa shape index (κ3) is 4.43. The molecule has 9 rings (SSSR count). The van der Waals surface area contributed by atoms with Gasteiger partial charge in [0.15, 0.2) is 0 Å². The lowest BCUT2D eigenvalue weighted by molar-refractivity contribution is 0.904. The quantitative estimate of drug-likeness (QED) is 0.184. The molecule has 0 unspecified atom stereocenters. The lowest BCUT2D eigenvalue weighted by Gasteiger charge is -2.19. The number of imidazole rings is 1. The molecule has 0 spiro atoms. The van der Waals surface area contributed by atoms with E-state index >= 15 is 0 Å². The van der Waals surface area contributed by atoms with Gasteiger partial charge in [0, 0.05) is 12.0 Å². The first-order chi connectivity index (χ1) is 23.3. The first-order valence-corrected chi connectivity index (χ1v) is 16.2. The van der Waals surface area contributed by atoms with Crippen LogP contribution in [0, 0.1) is 0 Å². The summed E-state index contributed by atoms with van der Waals surface area (Å²) in [6, 6.07) is 54.4. The van der Waals surface area contributed by atoms with Gasteiger partial charge in [-0.3, -0.25) is 9.55 Å². The van der Waals surface area contributed by atoms with Crippen molar-refractivity contribution in [3.05, 3.63) is 164 Å². The van der Waals surface area contributed by atoms with Crippen LogP contribution in [-0.2, 0) is 6.42 Å². The molecule has 0 aliphatic carbocycles. The Kier molecular flexibility index (Phi) is 6.43. The highest BCUT2D eigenvalue weighted by molar-refractivity contribution is 6.23. The van der Waals surface area contributed by atoms with Gasteiger partial charge >= 0.3 is 0 Å². The molecule has 2 aromatic heterocycles. The van der Waals surface area contributed by atoms with Crippen molar-refractivity contribution in [1.82, 2.24) is 14.5 Å². The molecular weight excluding hydrogens is 571 g/mol. The summed E-state index contributed by atoms with van der Waals surface area (Å²) in [6.07, 6.45) is 2.84. The van der Waals surface area contributed by atoms with Gasteiger partial charge in [-0.05, 0) is 84.9 Å². The summed E-state index contributed by atoms with van der Waals surface area (Å²) in [7, 11) is 0. The van der Waals surface area contributed by atoms with Crippen LogP contribution < -0.4 is 0 Å². The van der Waals surface area contributed by atoms with E-state index in [0.717, 1.165) is 40.2 Å². The van der Waals surface area contributed by atoms with Gasteiger partial charge in [-0.2, -0.15) is 0 Å². The second-order valence-corrected chi connectivity index (χ2v) is 12.1. The molecule has 9 aromatic rings. The summed E-state index contributed by atoms with van der Waals surface area (Å²) in [6.45, 7) is 2.15. The van der Waals surface area contributed by atoms with Crippen LogP contribution in [0.1, 0.15) is 12.7 Å². The third-order valence-corrected chi connectivity index (χ3v) is 9.40. The van der Waals surface area contributed by atoms with Crippen LogP contribution >= 0.6 is 0 Å². The van der Waals surface area contributed by atoms with Gasteiger partial charge in [-0.25, -0.2) is 4.98 Å². The van der Waals surface area contributed by atoms with Gasteiger partial charge < -0.3 is 0 Å². The van der Waals surface area contributed by atoms with Crippen LogP contribution in [0.3, 0.4) is 0 Å². The average molecular weight is 602 g/mol. The van der Waals surface area contributed by atoms with Crippen molar-refractivity contribution in [3.63, 3.8) is 0 Å². The number of aromatic nitrogens is 3. The number of hydrogen-bond donors (Lipinski definition) is 0. The first kappa shape index (κ1) is 27.3. The Labute approximate surface area is 273 Å². The summed E-state index contributed by atoms with van der Waals surface area (Å²) in [5.41, 5.74) is 10.1. The highest BCUT2D eigenvalue weighted by Crippen LogP contribution is 2.46. The van der Waals surface area contributed by atoms with Crippen LogP contribution in [0.4, 0.5) is 0 Å². The van der Waals surface area contributed by atoms with Crippen LogP contribution in [0.15, 0.2) is 158 Å². The summed E-state index contributed by atoms with van der Waals surface area (Å²) in [4.78, 5) is 10.1. The number of para-hydroxylation sites is 2. The van der Waals surface area contributed by atoms with E-state index in [1.807, 2.05) is 12.3 Å². The molecule has 0 fully saturated rings. The number of fused-ring (bicyclic) bond motifs is 4. The zero-order chi connectivity index (χ0) is 31.3. The smallest absolute Gasteiger partial charge is 0.114 e. The predicted octanol–water partition coefficient (Wildman–Crippen LogP) is 11.4. The normalized spacial score (nSPS) is 11.6. The van der Waals surface area contributed by atoms with Crippen molar-refractivity contribution < 1.29 is 0 Å². The number of aryl methyl sites for hydroxylation is 1. The summed E-state index contributed by atoms with van der Waals surface area (Å²) in [5.74, 6) is 1.03. The zero-order valence-corrected chi connectivity index (χ0v) is 26.1. The molecule has 3 heteroatoms. The number of pyridine rings is 1. The Morgan fingerprint density at radius 2 is 1.23 bits per heavy atom. The van der Waals surface area contributed by atoms with Crippen molar-refractivity contribution in [3.8, 4) is 39.2 Å². The van der Waals surface area contributed by atoms with E-state index in [-0.39, 0.29) is 0 Å². The lowest BCUT2D eigenvalue weighted by Crippen LogP contribution is -2.01. The van der Waals surface area contributed by atoms with E-state index in [0.29, 0.717) is 0 Å². The molecule has 47 heavy (non-hydrogen) atoms. The number of benzene rings is 7. The fourth-order valence-electron chi connectivity index (χ4n) is 7.27. The predicted molar refractivity (Wildman–Crippen MR) is 197 cm³/mol. The van der Waals surface area contributed by atoms with Crippen LogP contribution in [0.25, 0.3) is 82.5 Å². The van der Waals surface area contributed by atoms with E-state index in [4.69, 9.17) is 9.97 Å². The zero-order valence-electron chi connectivity index (χ0n) is 26.1. The molecule has 222 valence electrons. The molecule has 0 N–H and O–H groups in total. The van der Waals surface area contributed by atoms with E-state index in [9.17, 15) is 0 Å². The van der Waals surface area contributed by atoms with Gasteiger partial charge in [0.2, 0.25) is 0 Å². The molecule has 0 saturated carbocycles. The van der Waals surface area contributed by atoms with Crippen molar-refractivity contribution in [1.29, 1.82) is 0 Å². The Hall–Kier alpha value is -6.06. The molecular formula is C44H31N3. The molecule has 0 aliphatic heterocycles. The molecule has 0 radical (unpaired) electrons. The van der Waals surface area contributed by atoms with Crippen molar-refractivity contribution in [2.75, 3.05) is 0 Å². The molecule has 0 atom stereocenters. The molecule has 0 amide bonds. The van der Waals surface area contributed by atoms with Crippen LogP contribution in [0.2, 0.25) is 0 Å². The fraction of sp³-hybridized carbons (Fsp3) is 0.0455. The van der Waals surface area contributed by atoms with Crippen molar-refractivity contribution >= 4 is 43.4 Å². The van der Waals surface area contributed by atoms with E-state index in [1.165, 1.54) is 54.6 Å². The second-order valence-electron chi connectivity index (χ2n) is 12.1. The summed E-state index contributed by atoms with van der Waals surface area (Å²) in [5, 5.41) is 7.31. The monoisotopic (exact) mass is 601 g/mol. The Morgan fingerprint density at radius 3 is 2.04 bits per heavy atom. The largest absolute Gasteiger partial charge is 0.295 e. The number of hydrogen-bond acceptors (Lipinski definition) is 2. The highest BCUT2D eigenvalue weighted by Gasteiger charge is 2.20. The molecule has 0 bridgehead atoms. The molecule has 3 nitrogen and oxygen atoms in total. The standard InChI is InChI=1S/C44H31N3/c1-2-42-46-39-21-10-11-22-41(39)47(42)32-24-26-40(45-28-32)44-36-19-9-8-18-35(36)43(34-20-12-16-30-15-6-7-17-33(30)34)37-25-23-31(27-38(37)44)29-13-4-3-5-14-29/h3-28H,2H2,1H3. The van der Waals surface area contributed by atoms with Crippen LogP contribution in [-0.4, -0.2) is 14.5 Å². The van der Waals surface area contributed by atoms with E-state index in [2.05, 4.69) is 157 Å². The Morgan fingerprint density at radius 1 is 0.532 bits per heavy atom. The van der Waals surface area contributed by atoms with Gasteiger partial charge in [0.1, 0.15) is 5.82 Å². The highest BCUT2D eigenvalue weighted by atomic mass is 15.1. The Bertz CT molecular complexity index is 2590. The Balaban J connectivity index is 1.34. The summed E-state index contributed by atoms with van der Waals surface area (Å²) >= 11 is 0. The molecule has 0 aliphatic rings. The fourth-order valence-corrected chi connectivity index (χ4v) is 7.27. The van der Waals surface area contributed by atoms with Crippen molar-refractivity contribution in [2.24, 2.45) is 0 Å². The minimum absolute atomic E-state index is 0.837. The summed E-state index contributed by atoms with van der Waals surface area (Å²) < 4.78 is 2.24. The third-order valence-electron chi connectivity index (χ3n) is 9.40. The average Bonchev–Trinajstić information content (AvgIpc) is 3.53. The maximum atomic E-state index is 5.19. The second kappa shape index (κ2) is 11.1. The van der Waals surface area contributed by atoms with Gasteiger partial charge in [-0.1, -0.05) is 128 Å². The molecule has 0 saturated heterocycles. The SMILES string of the molecule is CCc1nc2ccccc2n1-c1ccc(-c2c3ccccc3c(-c3cccc4ccccc34)c3ccc(-c4ccccc4)cc23)nc1. The number of rotatable bonds is 5. The number of nitrogens with zero attached hydrogens (tertiary/aromatic N) is 3. The van der Waals surface area contributed by atoms with Crippen LogP contribution in [0.5, 0.6) is 0 Å². The maximum Gasteiger partial charge on any atom is 0.114 e. The lowest BCUT2D eigenvalue weighted by atomic mass is 9.84.